The number of carboxylic acid groups (broad SMARTS) is 1. The molecule has 0 aliphatic heterocycles. The van der Waals surface area contributed by atoms with Crippen LogP contribution >= 0.6 is 11.3 Å². The Labute approximate surface area is 125 Å². The molecule has 1 N–H and O–H groups in total. The molecular weight excluding hydrogens is 286 g/mol. The predicted molar refractivity (Wildman–Crippen MR) is 84.4 cm³/mol. The summed E-state index contributed by atoms with van der Waals surface area (Å²) >= 11 is 1.18. The molecule has 0 fully saturated rings. The van der Waals surface area contributed by atoms with Gasteiger partial charge in [0.2, 0.25) is 0 Å². The molecule has 0 saturated heterocycles. The Morgan fingerprint density at radius 1 is 1.10 bits per heavy atom. The summed E-state index contributed by atoms with van der Waals surface area (Å²) in [6.07, 6.45) is 0. The maximum absolute atomic E-state index is 11.3. The van der Waals surface area contributed by atoms with Crippen LogP contribution in [0.2, 0.25) is 0 Å². The van der Waals surface area contributed by atoms with Crippen LogP contribution in [0, 0.1) is 0 Å². The van der Waals surface area contributed by atoms with Crippen LogP contribution in [-0.2, 0) is 4.84 Å². The molecule has 1 heterocycles. The van der Waals surface area contributed by atoms with Gasteiger partial charge in [-0.05, 0) is 22.9 Å². The fourth-order valence-corrected chi connectivity index (χ4v) is 3.04. The third kappa shape index (κ3) is 2.37. The first-order chi connectivity index (χ1) is 10.2. The van der Waals surface area contributed by atoms with Gasteiger partial charge in [-0.1, -0.05) is 36.4 Å². The number of anilines is 2. The minimum Gasteiger partial charge on any atom is -0.477 e. The highest BCUT2D eigenvalue weighted by Crippen LogP contribution is 2.36. The second kappa shape index (κ2) is 5.55. The Bertz CT molecular complexity index is 792. The van der Waals surface area contributed by atoms with Crippen molar-refractivity contribution in [3.05, 3.63) is 58.8 Å². The molecule has 0 aliphatic rings. The summed E-state index contributed by atoms with van der Waals surface area (Å²) in [6, 6.07) is 15.5. The van der Waals surface area contributed by atoms with E-state index in [4.69, 9.17) is 4.84 Å². The van der Waals surface area contributed by atoms with Crippen LogP contribution in [-0.4, -0.2) is 18.2 Å². The van der Waals surface area contributed by atoms with Crippen molar-refractivity contribution >= 4 is 39.5 Å². The minimum absolute atomic E-state index is 0.254. The summed E-state index contributed by atoms with van der Waals surface area (Å²) in [5.74, 6) is -0.956. The lowest BCUT2D eigenvalue weighted by atomic mass is 10.1. The van der Waals surface area contributed by atoms with Crippen LogP contribution in [0.15, 0.2) is 53.9 Å². The molecule has 0 amide bonds. The number of hydrogen-bond donors (Lipinski definition) is 1. The molecule has 4 nitrogen and oxygen atoms in total. The fraction of sp³-hybridized carbons (Fsp3) is 0.0625. The molecule has 0 spiro atoms. The fourth-order valence-electron chi connectivity index (χ4n) is 2.33. The van der Waals surface area contributed by atoms with Crippen molar-refractivity contribution in [2.24, 2.45) is 0 Å². The van der Waals surface area contributed by atoms with Gasteiger partial charge in [0.25, 0.3) is 0 Å². The molecule has 2 aromatic carbocycles. The number of benzene rings is 2. The van der Waals surface area contributed by atoms with Gasteiger partial charge in [-0.25, -0.2) is 9.86 Å². The minimum atomic E-state index is -0.956. The van der Waals surface area contributed by atoms with E-state index in [-0.39, 0.29) is 4.88 Å². The Morgan fingerprint density at radius 3 is 2.62 bits per heavy atom. The molecule has 106 valence electrons. The molecule has 0 unspecified atom stereocenters. The molecule has 1 aromatic heterocycles. The SMILES string of the molecule is CON(c1ccsc1C(=O)O)c1cccc2ccccc12. The second-order valence-electron chi connectivity index (χ2n) is 4.42. The molecule has 0 bridgehead atoms. The zero-order valence-electron chi connectivity index (χ0n) is 11.3. The Morgan fingerprint density at radius 2 is 1.86 bits per heavy atom. The van der Waals surface area contributed by atoms with Crippen LogP contribution in [0.4, 0.5) is 11.4 Å². The Hall–Kier alpha value is -2.37. The quantitative estimate of drug-likeness (QED) is 0.730. The monoisotopic (exact) mass is 299 g/mol. The van der Waals surface area contributed by atoms with E-state index in [1.807, 2.05) is 42.5 Å². The average molecular weight is 299 g/mol. The molecule has 3 rings (SSSR count). The van der Waals surface area contributed by atoms with Gasteiger partial charge in [0.1, 0.15) is 4.88 Å². The number of rotatable bonds is 4. The number of carbonyl (C=O) groups is 1. The maximum atomic E-state index is 11.3. The van der Waals surface area contributed by atoms with Gasteiger partial charge in [-0.15, -0.1) is 11.3 Å². The van der Waals surface area contributed by atoms with Gasteiger partial charge in [0, 0.05) is 5.39 Å². The van der Waals surface area contributed by atoms with Gasteiger partial charge in [0.05, 0.1) is 18.5 Å². The van der Waals surface area contributed by atoms with Crippen molar-refractivity contribution in [1.29, 1.82) is 0 Å². The Kier molecular flexibility index (Phi) is 3.60. The predicted octanol–water partition coefficient (Wildman–Crippen LogP) is 4.30. The number of aromatic carboxylic acids is 1. The second-order valence-corrected chi connectivity index (χ2v) is 5.33. The van der Waals surface area contributed by atoms with Crippen molar-refractivity contribution < 1.29 is 14.7 Å². The number of nitrogens with zero attached hydrogens (tertiary/aromatic N) is 1. The molecule has 0 saturated carbocycles. The van der Waals surface area contributed by atoms with E-state index in [1.54, 1.807) is 16.5 Å². The number of thiophene rings is 1. The summed E-state index contributed by atoms with van der Waals surface area (Å²) in [4.78, 5) is 17.0. The van der Waals surface area contributed by atoms with Crippen LogP contribution in [0.3, 0.4) is 0 Å². The zero-order valence-corrected chi connectivity index (χ0v) is 12.1. The lowest BCUT2D eigenvalue weighted by Crippen LogP contribution is -2.17. The summed E-state index contributed by atoms with van der Waals surface area (Å²) in [5.41, 5.74) is 1.35. The van der Waals surface area contributed by atoms with Gasteiger partial charge in [-0.3, -0.25) is 4.84 Å². The molecule has 0 aliphatic carbocycles. The molecule has 5 heteroatoms. The van der Waals surface area contributed by atoms with Crippen molar-refractivity contribution in [3.8, 4) is 0 Å². The first kappa shape index (κ1) is 13.6. The van der Waals surface area contributed by atoms with Crippen molar-refractivity contribution in [2.75, 3.05) is 12.2 Å². The van der Waals surface area contributed by atoms with E-state index < -0.39 is 5.97 Å². The standard InChI is InChI=1S/C16H13NO3S/c1-20-17(14-9-10-21-15(14)16(18)19)13-8-4-6-11-5-2-3-7-12(11)13/h2-10H,1H3,(H,18,19). The third-order valence-corrected chi connectivity index (χ3v) is 4.12. The molecule has 3 aromatic rings. The molecule has 0 atom stereocenters. The summed E-state index contributed by atoms with van der Waals surface area (Å²) < 4.78 is 0. The van der Waals surface area contributed by atoms with Crippen molar-refractivity contribution in [2.45, 2.75) is 0 Å². The lowest BCUT2D eigenvalue weighted by Gasteiger charge is -2.23. The van der Waals surface area contributed by atoms with E-state index in [0.717, 1.165) is 16.5 Å². The average Bonchev–Trinajstić information content (AvgIpc) is 2.98. The largest absolute Gasteiger partial charge is 0.477 e. The van der Waals surface area contributed by atoms with Crippen molar-refractivity contribution in [3.63, 3.8) is 0 Å². The van der Waals surface area contributed by atoms with Gasteiger partial charge in [-0.2, -0.15) is 0 Å². The number of fused-ring (bicyclic) bond motifs is 1. The van der Waals surface area contributed by atoms with Crippen LogP contribution in [0.1, 0.15) is 9.67 Å². The summed E-state index contributed by atoms with van der Waals surface area (Å²) in [6.45, 7) is 0. The first-order valence-electron chi connectivity index (χ1n) is 6.35. The Balaban J connectivity index is 2.19. The molecule has 21 heavy (non-hydrogen) atoms. The smallest absolute Gasteiger partial charge is 0.348 e. The third-order valence-electron chi connectivity index (χ3n) is 3.23. The zero-order chi connectivity index (χ0) is 14.8. The van der Waals surface area contributed by atoms with E-state index in [2.05, 4.69) is 0 Å². The van der Waals surface area contributed by atoms with Crippen molar-refractivity contribution in [1.82, 2.24) is 0 Å². The highest BCUT2D eigenvalue weighted by molar-refractivity contribution is 7.12. The first-order valence-corrected chi connectivity index (χ1v) is 7.23. The normalized spacial score (nSPS) is 10.7. The van der Waals surface area contributed by atoms with Crippen LogP contribution < -0.4 is 5.06 Å². The highest BCUT2D eigenvalue weighted by atomic mass is 32.1. The van der Waals surface area contributed by atoms with E-state index >= 15 is 0 Å². The van der Waals surface area contributed by atoms with E-state index in [9.17, 15) is 9.90 Å². The number of hydrogen-bond acceptors (Lipinski definition) is 4. The molecular formula is C16H13NO3S. The topological polar surface area (TPSA) is 49.8 Å². The maximum Gasteiger partial charge on any atom is 0.348 e. The van der Waals surface area contributed by atoms with Gasteiger partial charge >= 0.3 is 5.97 Å². The molecule has 0 radical (unpaired) electrons. The van der Waals surface area contributed by atoms with Gasteiger partial charge in [0.15, 0.2) is 0 Å². The van der Waals surface area contributed by atoms with Gasteiger partial charge < -0.3 is 5.11 Å². The van der Waals surface area contributed by atoms with E-state index in [1.165, 1.54) is 18.4 Å². The van der Waals surface area contributed by atoms with Crippen LogP contribution in [0.25, 0.3) is 10.8 Å². The summed E-state index contributed by atoms with van der Waals surface area (Å²) in [5, 5.41) is 14.7. The highest BCUT2D eigenvalue weighted by Gasteiger charge is 2.20. The van der Waals surface area contributed by atoms with E-state index in [0.29, 0.717) is 5.69 Å². The summed E-state index contributed by atoms with van der Waals surface area (Å²) in [7, 11) is 1.53. The van der Waals surface area contributed by atoms with Crippen LogP contribution in [0.5, 0.6) is 0 Å². The lowest BCUT2D eigenvalue weighted by molar-refractivity contribution is 0.0701. The number of carboxylic acids is 1.